The molecule has 3 rings (SSSR count). The van der Waals surface area contributed by atoms with Crippen LogP contribution in [-0.2, 0) is 22.9 Å². The molecule has 2 aromatic rings. The van der Waals surface area contributed by atoms with Gasteiger partial charge in [-0.2, -0.15) is 0 Å². The Morgan fingerprint density at radius 3 is 2.62 bits per heavy atom. The van der Waals surface area contributed by atoms with Gasteiger partial charge in [-0.05, 0) is 37.3 Å². The molecule has 160 valence electrons. The number of aromatic nitrogens is 2. The highest BCUT2D eigenvalue weighted by molar-refractivity contribution is 7.91. The minimum atomic E-state index is -3.46. The fourth-order valence-corrected chi connectivity index (χ4v) is 5.92. The van der Waals surface area contributed by atoms with Crippen molar-refractivity contribution in [2.45, 2.75) is 63.8 Å². The van der Waals surface area contributed by atoms with E-state index >= 15 is 0 Å². The zero-order valence-corrected chi connectivity index (χ0v) is 18.3. The number of imidazole rings is 1. The molecule has 2 heterocycles. The Bertz CT molecular complexity index is 876. The molecule has 1 atom stereocenters. The molecule has 1 aliphatic heterocycles. The van der Waals surface area contributed by atoms with Crippen molar-refractivity contribution in [1.29, 1.82) is 0 Å². The van der Waals surface area contributed by atoms with Gasteiger partial charge in [-0.1, -0.05) is 50.6 Å². The summed E-state index contributed by atoms with van der Waals surface area (Å²) >= 11 is 0. The quantitative estimate of drug-likeness (QED) is 0.676. The normalized spacial score (nSPS) is 18.4. The maximum Gasteiger partial charge on any atom is 0.228 e. The first-order valence-electron chi connectivity index (χ1n) is 10.6. The molecule has 1 aromatic heterocycles. The molecule has 1 N–H and O–H groups in total. The Morgan fingerprint density at radius 2 is 1.93 bits per heavy atom. The fraction of sp³-hybridized carbons (Fsp3) is 0.591. The highest BCUT2D eigenvalue weighted by atomic mass is 32.2. The number of nitrogens with zero attached hydrogens (tertiary/aromatic N) is 3. The average Bonchev–Trinajstić information content (AvgIpc) is 3.07. The summed E-state index contributed by atoms with van der Waals surface area (Å²) in [6, 6.07) is 10.3. The number of aliphatic hydroxyl groups excluding tert-OH is 1. The standard InChI is InChI=1S/C22H33N3O3S/c1-18(2)17-29(27,28)22-23-14-21(25(22)15-19-8-4-3-5-9-19)16-24-12-7-6-10-20(24)11-13-26/h3-5,8-9,14,18,20,26H,6-7,10-13,15-17H2,1-2H3. The molecule has 6 nitrogen and oxygen atoms in total. The maximum atomic E-state index is 13.0. The Kier molecular flexibility index (Phi) is 7.49. The molecule has 1 fully saturated rings. The van der Waals surface area contributed by atoms with Gasteiger partial charge >= 0.3 is 0 Å². The average molecular weight is 420 g/mol. The van der Waals surface area contributed by atoms with Gasteiger partial charge in [-0.3, -0.25) is 4.90 Å². The van der Waals surface area contributed by atoms with Crippen LogP contribution in [0.3, 0.4) is 0 Å². The molecule has 0 saturated carbocycles. The van der Waals surface area contributed by atoms with Gasteiger partial charge in [-0.15, -0.1) is 0 Å². The van der Waals surface area contributed by atoms with E-state index in [9.17, 15) is 13.5 Å². The highest BCUT2D eigenvalue weighted by Gasteiger charge is 2.27. The second-order valence-corrected chi connectivity index (χ2v) is 10.3. The Balaban J connectivity index is 1.93. The first kappa shape index (κ1) is 22.0. The molecule has 1 aliphatic rings. The summed E-state index contributed by atoms with van der Waals surface area (Å²) in [5.41, 5.74) is 1.97. The third-order valence-electron chi connectivity index (χ3n) is 5.49. The number of benzene rings is 1. The summed E-state index contributed by atoms with van der Waals surface area (Å²) in [5.74, 6) is 0.135. The summed E-state index contributed by atoms with van der Waals surface area (Å²) in [7, 11) is -3.46. The molecule has 0 spiro atoms. The van der Waals surface area contributed by atoms with Crippen molar-refractivity contribution in [1.82, 2.24) is 14.5 Å². The van der Waals surface area contributed by atoms with Gasteiger partial charge in [0.25, 0.3) is 0 Å². The van der Waals surface area contributed by atoms with Crippen LogP contribution in [0.4, 0.5) is 0 Å². The van der Waals surface area contributed by atoms with Gasteiger partial charge in [0, 0.05) is 19.2 Å². The van der Waals surface area contributed by atoms with E-state index in [1.54, 1.807) is 6.20 Å². The number of sulfone groups is 1. The smallest absolute Gasteiger partial charge is 0.228 e. The molecule has 29 heavy (non-hydrogen) atoms. The third-order valence-corrected chi connectivity index (χ3v) is 7.48. The first-order chi connectivity index (χ1) is 13.9. The molecule has 1 aromatic carbocycles. The van der Waals surface area contributed by atoms with E-state index in [2.05, 4.69) is 9.88 Å². The van der Waals surface area contributed by atoms with E-state index in [1.165, 1.54) is 6.42 Å². The minimum Gasteiger partial charge on any atom is -0.396 e. The van der Waals surface area contributed by atoms with Crippen molar-refractivity contribution in [2.75, 3.05) is 18.9 Å². The molecule has 0 radical (unpaired) electrons. The number of aliphatic hydroxyl groups is 1. The van der Waals surface area contributed by atoms with E-state index in [4.69, 9.17) is 0 Å². The summed E-state index contributed by atoms with van der Waals surface area (Å²) < 4.78 is 27.9. The number of piperidine rings is 1. The molecular formula is C22H33N3O3S. The largest absolute Gasteiger partial charge is 0.396 e. The summed E-state index contributed by atoms with van der Waals surface area (Å²) in [6.07, 6.45) is 5.86. The predicted octanol–water partition coefficient (Wildman–Crippen LogP) is 3.10. The predicted molar refractivity (Wildman–Crippen MR) is 114 cm³/mol. The molecular weight excluding hydrogens is 386 g/mol. The minimum absolute atomic E-state index is 0.0429. The van der Waals surface area contributed by atoms with Crippen LogP contribution < -0.4 is 0 Å². The summed E-state index contributed by atoms with van der Waals surface area (Å²) in [5, 5.41) is 9.59. The zero-order chi connectivity index (χ0) is 20.9. The SMILES string of the molecule is CC(C)CS(=O)(=O)c1ncc(CN2CCCCC2CCO)n1Cc1ccccc1. The second kappa shape index (κ2) is 9.87. The van der Waals surface area contributed by atoms with Gasteiger partial charge in [0.15, 0.2) is 0 Å². The molecule has 0 amide bonds. The molecule has 1 unspecified atom stereocenters. The summed E-state index contributed by atoms with van der Waals surface area (Å²) in [4.78, 5) is 6.74. The second-order valence-electron chi connectivity index (χ2n) is 8.41. The van der Waals surface area contributed by atoms with E-state index < -0.39 is 9.84 Å². The lowest BCUT2D eigenvalue weighted by Gasteiger charge is -2.35. The Hall–Kier alpha value is -1.70. The number of hydrogen-bond acceptors (Lipinski definition) is 5. The van der Waals surface area contributed by atoms with Gasteiger partial charge in [0.1, 0.15) is 0 Å². The van der Waals surface area contributed by atoms with E-state index in [-0.39, 0.29) is 23.4 Å². The van der Waals surface area contributed by atoms with Crippen LogP contribution in [0.2, 0.25) is 0 Å². The van der Waals surface area contributed by atoms with Crippen molar-refractivity contribution in [3.8, 4) is 0 Å². The van der Waals surface area contributed by atoms with Crippen LogP contribution >= 0.6 is 0 Å². The molecule has 7 heteroatoms. The Morgan fingerprint density at radius 1 is 1.17 bits per heavy atom. The van der Waals surface area contributed by atoms with E-state index in [0.29, 0.717) is 19.1 Å². The topological polar surface area (TPSA) is 75.4 Å². The van der Waals surface area contributed by atoms with Crippen molar-refractivity contribution in [2.24, 2.45) is 5.92 Å². The van der Waals surface area contributed by atoms with Gasteiger partial charge in [0.05, 0.1) is 24.2 Å². The van der Waals surface area contributed by atoms with Crippen LogP contribution in [0.1, 0.15) is 50.8 Å². The van der Waals surface area contributed by atoms with Crippen molar-refractivity contribution >= 4 is 9.84 Å². The van der Waals surface area contributed by atoms with Gasteiger partial charge in [-0.25, -0.2) is 13.4 Å². The monoisotopic (exact) mass is 419 g/mol. The van der Waals surface area contributed by atoms with Crippen molar-refractivity contribution < 1.29 is 13.5 Å². The number of rotatable bonds is 9. The molecule has 1 saturated heterocycles. The van der Waals surface area contributed by atoms with Gasteiger partial charge < -0.3 is 9.67 Å². The van der Waals surface area contributed by atoms with Crippen LogP contribution in [0, 0.1) is 5.92 Å². The lowest BCUT2D eigenvalue weighted by molar-refractivity contribution is 0.110. The zero-order valence-electron chi connectivity index (χ0n) is 17.5. The fourth-order valence-electron chi connectivity index (χ4n) is 4.17. The molecule has 0 aliphatic carbocycles. The maximum absolute atomic E-state index is 13.0. The van der Waals surface area contributed by atoms with Crippen LogP contribution in [0.5, 0.6) is 0 Å². The van der Waals surface area contributed by atoms with E-state index in [1.807, 2.05) is 48.7 Å². The van der Waals surface area contributed by atoms with Gasteiger partial charge in [0.2, 0.25) is 15.0 Å². The van der Waals surface area contributed by atoms with Crippen LogP contribution in [0.15, 0.2) is 41.7 Å². The van der Waals surface area contributed by atoms with Crippen molar-refractivity contribution in [3.05, 3.63) is 47.8 Å². The number of hydrogen-bond donors (Lipinski definition) is 1. The van der Waals surface area contributed by atoms with Crippen LogP contribution in [-0.4, -0.2) is 52.9 Å². The van der Waals surface area contributed by atoms with E-state index in [0.717, 1.165) is 37.1 Å². The molecule has 0 bridgehead atoms. The lowest BCUT2D eigenvalue weighted by atomic mass is 9.99. The first-order valence-corrected chi connectivity index (χ1v) is 12.2. The lowest BCUT2D eigenvalue weighted by Crippen LogP contribution is -2.40. The summed E-state index contributed by atoms with van der Waals surface area (Å²) in [6.45, 7) is 6.11. The Labute approximate surface area is 174 Å². The number of likely N-dealkylation sites (tertiary alicyclic amines) is 1. The van der Waals surface area contributed by atoms with Crippen LogP contribution in [0.25, 0.3) is 0 Å². The highest BCUT2D eigenvalue weighted by Crippen LogP contribution is 2.24. The van der Waals surface area contributed by atoms with Crippen molar-refractivity contribution in [3.63, 3.8) is 0 Å². The third kappa shape index (κ3) is 5.68.